The van der Waals surface area contributed by atoms with E-state index in [0.29, 0.717) is 4.57 Å². The largest absolute Gasteiger partial charge is 0.509 e. The molecule has 4 atom stereocenters. The van der Waals surface area contributed by atoms with Crippen molar-refractivity contribution in [2.75, 3.05) is 4.43 Å². The Balaban J connectivity index is 1.94. The molecule has 0 saturated carbocycles. The third-order valence-electron chi connectivity index (χ3n) is 4.14. The zero-order valence-electron chi connectivity index (χ0n) is 14.3. The van der Waals surface area contributed by atoms with Crippen molar-refractivity contribution in [2.45, 2.75) is 44.9 Å². The summed E-state index contributed by atoms with van der Waals surface area (Å²) in [6, 6.07) is 1.03. The highest BCUT2D eigenvalue weighted by Gasteiger charge is 2.64. The molecule has 0 spiro atoms. The predicted octanol–water partition coefficient (Wildman–Crippen LogP) is 0.700. The molecule has 0 aliphatic carbocycles. The molecule has 1 aromatic heterocycles. The number of alkyl halides is 2. The number of carbonyl (C=O) groups is 2. The van der Waals surface area contributed by atoms with Crippen molar-refractivity contribution in [1.29, 1.82) is 0 Å². The first-order valence-corrected chi connectivity index (χ1v) is 9.49. The summed E-state index contributed by atoms with van der Waals surface area (Å²) in [7, 11) is 0. The number of rotatable bonds is 5. The fraction of sp³-hybridized carbons (Fsp3) is 0.600. The number of hydrogen-bond donors (Lipinski definition) is 0. The second kappa shape index (κ2) is 7.22. The van der Waals surface area contributed by atoms with Crippen molar-refractivity contribution in [1.82, 2.24) is 9.13 Å². The lowest BCUT2D eigenvalue weighted by Crippen LogP contribution is -2.43. The van der Waals surface area contributed by atoms with Gasteiger partial charge in [-0.15, -0.1) is 0 Å². The van der Waals surface area contributed by atoms with E-state index in [2.05, 4.69) is 0 Å². The quantitative estimate of drug-likeness (QED) is 0.331. The topological polar surface area (TPSA) is 115 Å². The van der Waals surface area contributed by atoms with Crippen LogP contribution >= 0.6 is 22.6 Å². The zero-order valence-corrected chi connectivity index (χ0v) is 16.5. The summed E-state index contributed by atoms with van der Waals surface area (Å²) < 4.78 is 36.3. The van der Waals surface area contributed by atoms with Crippen LogP contribution in [0.3, 0.4) is 0 Å². The highest BCUT2D eigenvalue weighted by Crippen LogP contribution is 2.45. The van der Waals surface area contributed by atoms with Crippen LogP contribution in [0.1, 0.15) is 20.1 Å². The molecule has 3 rings (SSSR count). The first-order chi connectivity index (χ1) is 12.7. The molecule has 2 fully saturated rings. The average Bonchev–Trinajstić information content (AvgIpc) is 3.12. The van der Waals surface area contributed by atoms with Gasteiger partial charge in [-0.05, 0) is 0 Å². The average molecular weight is 498 g/mol. The normalized spacial score (nSPS) is 29.4. The second-order valence-electron chi connectivity index (χ2n) is 6.32. The van der Waals surface area contributed by atoms with Gasteiger partial charge in [0.25, 0.3) is 11.4 Å². The Hall–Kier alpha value is -1.96. The summed E-state index contributed by atoms with van der Waals surface area (Å²) in [5.41, 5.74) is -1.63. The molecule has 2 saturated heterocycles. The molecule has 3 heterocycles. The Bertz CT molecular complexity index is 883. The third-order valence-corrected chi connectivity index (χ3v) is 5.18. The van der Waals surface area contributed by atoms with Gasteiger partial charge in [0.1, 0.15) is 0 Å². The number of aromatic nitrogens is 2. The van der Waals surface area contributed by atoms with Crippen molar-refractivity contribution in [3.05, 3.63) is 33.1 Å². The molecule has 12 heteroatoms. The Morgan fingerprint density at radius 3 is 2.70 bits per heavy atom. The van der Waals surface area contributed by atoms with Gasteiger partial charge in [-0.3, -0.25) is 14.2 Å². The number of nitrogens with zero attached hydrogens (tertiary/aromatic N) is 2. The summed E-state index contributed by atoms with van der Waals surface area (Å²) in [6.45, 7) is 2.58. The summed E-state index contributed by atoms with van der Waals surface area (Å²) in [4.78, 5) is 47.7. The number of esters is 1. The Morgan fingerprint density at radius 1 is 1.37 bits per heavy atom. The van der Waals surface area contributed by atoms with Gasteiger partial charge in [-0.2, -0.15) is 0 Å². The van der Waals surface area contributed by atoms with Gasteiger partial charge in [-0.25, -0.2) is 18.5 Å². The summed E-state index contributed by atoms with van der Waals surface area (Å²) in [6.07, 6.45) is -3.88. The van der Waals surface area contributed by atoms with Crippen LogP contribution in [0.4, 0.5) is 9.18 Å². The minimum atomic E-state index is -2.35. The van der Waals surface area contributed by atoms with Crippen LogP contribution < -0.4 is 11.2 Å². The standard InChI is InChI=1S/C15H16FIN2O8/c1-7(2)12(21)24-6-19-8(20)3-4-18(13(19)22)11-9-10(26-14(23)25-9)15(16,5-17)27-11/h3-4,7,9-11H,5-6H2,1-2H3/t9-,10+,11-,15-/m1/s1. The minimum absolute atomic E-state index is 0.181. The van der Waals surface area contributed by atoms with Crippen LogP contribution in [0.5, 0.6) is 0 Å². The molecule has 148 valence electrons. The fourth-order valence-corrected chi connectivity index (χ4v) is 3.32. The van der Waals surface area contributed by atoms with Crippen molar-refractivity contribution in [3.8, 4) is 0 Å². The monoisotopic (exact) mass is 498 g/mol. The molecule has 10 nitrogen and oxygen atoms in total. The van der Waals surface area contributed by atoms with Gasteiger partial charge in [0.2, 0.25) is 6.10 Å². The molecular weight excluding hydrogens is 482 g/mol. The van der Waals surface area contributed by atoms with Crippen LogP contribution in [0.15, 0.2) is 21.9 Å². The van der Waals surface area contributed by atoms with Gasteiger partial charge < -0.3 is 18.9 Å². The van der Waals surface area contributed by atoms with E-state index in [1.165, 1.54) is 0 Å². The lowest BCUT2D eigenvalue weighted by molar-refractivity contribution is -0.176. The van der Waals surface area contributed by atoms with Crippen LogP contribution in [-0.2, 0) is 30.5 Å². The highest BCUT2D eigenvalue weighted by atomic mass is 127. The van der Waals surface area contributed by atoms with Crippen molar-refractivity contribution >= 4 is 34.7 Å². The van der Waals surface area contributed by atoms with Crippen molar-refractivity contribution < 1.29 is 32.9 Å². The van der Waals surface area contributed by atoms with Gasteiger partial charge in [-0.1, -0.05) is 36.4 Å². The molecule has 0 N–H and O–H groups in total. The van der Waals surface area contributed by atoms with Crippen LogP contribution in [0.2, 0.25) is 0 Å². The lowest BCUT2D eigenvalue weighted by atomic mass is 10.1. The molecule has 2 aliphatic heterocycles. The molecule has 0 unspecified atom stereocenters. The highest BCUT2D eigenvalue weighted by molar-refractivity contribution is 14.1. The molecule has 0 amide bonds. The Morgan fingerprint density at radius 2 is 2.07 bits per heavy atom. The molecule has 2 aliphatic rings. The van der Waals surface area contributed by atoms with Crippen LogP contribution in [-0.4, -0.2) is 43.7 Å². The maximum Gasteiger partial charge on any atom is 0.509 e. The van der Waals surface area contributed by atoms with E-state index >= 15 is 0 Å². The van der Waals surface area contributed by atoms with E-state index in [1.54, 1.807) is 36.4 Å². The molecular formula is C15H16FIN2O8. The maximum atomic E-state index is 14.9. The van der Waals surface area contributed by atoms with Crippen molar-refractivity contribution in [2.24, 2.45) is 5.92 Å². The molecule has 0 aromatic carbocycles. The van der Waals surface area contributed by atoms with E-state index in [4.69, 9.17) is 18.9 Å². The van der Waals surface area contributed by atoms with E-state index in [9.17, 15) is 23.6 Å². The number of halogens is 2. The first kappa shape index (κ1) is 19.8. The molecule has 27 heavy (non-hydrogen) atoms. The van der Waals surface area contributed by atoms with Gasteiger partial charge >= 0.3 is 17.8 Å². The van der Waals surface area contributed by atoms with E-state index in [1.807, 2.05) is 0 Å². The van der Waals surface area contributed by atoms with Crippen molar-refractivity contribution in [3.63, 3.8) is 0 Å². The van der Waals surface area contributed by atoms with Crippen LogP contribution in [0, 0.1) is 5.92 Å². The van der Waals surface area contributed by atoms with Gasteiger partial charge in [0.15, 0.2) is 19.1 Å². The number of hydrogen-bond acceptors (Lipinski definition) is 8. The molecule has 0 radical (unpaired) electrons. The van der Waals surface area contributed by atoms with E-state index in [-0.39, 0.29) is 4.43 Å². The maximum absolute atomic E-state index is 14.9. The fourth-order valence-electron chi connectivity index (χ4n) is 2.71. The number of fused-ring (bicyclic) bond motifs is 1. The number of ether oxygens (including phenoxy) is 4. The first-order valence-electron chi connectivity index (χ1n) is 7.96. The van der Waals surface area contributed by atoms with E-state index < -0.39 is 60.3 Å². The Kier molecular flexibility index (Phi) is 5.29. The van der Waals surface area contributed by atoms with Gasteiger partial charge in [0.05, 0.1) is 10.3 Å². The van der Waals surface area contributed by atoms with Crippen LogP contribution in [0.25, 0.3) is 0 Å². The smallest absolute Gasteiger partial charge is 0.443 e. The lowest BCUT2D eigenvalue weighted by Gasteiger charge is -2.22. The summed E-state index contributed by atoms with van der Waals surface area (Å²) in [5.74, 6) is -3.40. The summed E-state index contributed by atoms with van der Waals surface area (Å²) in [5, 5.41) is 0. The summed E-state index contributed by atoms with van der Waals surface area (Å²) >= 11 is 1.72. The minimum Gasteiger partial charge on any atom is -0.443 e. The SMILES string of the molecule is CC(C)C(=O)OCn1c(=O)ccn([C@@H]2O[C@](F)(CI)[C@H]3OC(=O)O[C@@H]23)c1=O. The predicted molar refractivity (Wildman–Crippen MR) is 93.9 cm³/mol. The second-order valence-corrected chi connectivity index (χ2v) is 7.08. The Labute approximate surface area is 165 Å². The van der Waals surface area contributed by atoms with Gasteiger partial charge in [0, 0.05) is 12.3 Å². The zero-order chi connectivity index (χ0) is 19.9. The molecule has 0 bridgehead atoms. The molecule has 1 aromatic rings. The number of carbonyl (C=O) groups excluding carboxylic acids is 2. The van der Waals surface area contributed by atoms with E-state index in [0.717, 1.165) is 16.8 Å². The third kappa shape index (κ3) is 3.47.